The molecule has 0 aliphatic rings. The largest absolute Gasteiger partial charge is 0.480 e. The van der Waals surface area contributed by atoms with Crippen LogP contribution >= 0.6 is 0 Å². The van der Waals surface area contributed by atoms with E-state index in [1.54, 1.807) is 11.9 Å². The molecule has 2 atom stereocenters. The van der Waals surface area contributed by atoms with Crippen molar-refractivity contribution in [3.63, 3.8) is 0 Å². The fraction of sp³-hybridized carbons (Fsp3) is 0.778. The number of hydrogen-bond acceptors (Lipinski definition) is 4. The Morgan fingerprint density at radius 3 is 2.64 bits per heavy atom. The first-order chi connectivity index (χ1) is 6.54. The lowest BCUT2D eigenvalue weighted by Crippen LogP contribution is -2.46. The van der Waals surface area contributed by atoms with Crippen molar-refractivity contribution >= 4 is 5.97 Å². The first kappa shape index (κ1) is 12.9. The first-order valence-corrected chi connectivity index (χ1v) is 4.35. The summed E-state index contributed by atoms with van der Waals surface area (Å²) in [6.45, 7) is 1.94. The normalized spacial score (nSPS) is 14.8. The summed E-state index contributed by atoms with van der Waals surface area (Å²) < 4.78 is 4.81. The van der Waals surface area contributed by atoms with Crippen molar-refractivity contribution in [2.45, 2.75) is 25.4 Å². The molecule has 5 nitrogen and oxygen atoms in total. The Labute approximate surface area is 83.9 Å². The summed E-state index contributed by atoms with van der Waals surface area (Å²) in [5.41, 5.74) is 0. The Morgan fingerprint density at radius 2 is 2.29 bits per heavy atom. The SMILES string of the molecule is COCC(C(=O)O)N(C)C(C)CC#N. The second kappa shape index (κ2) is 6.35. The maximum Gasteiger partial charge on any atom is 0.323 e. The Balaban J connectivity index is 4.35. The standard InChI is InChI=1S/C9H16N2O3/c1-7(4-5-10)11(2)8(6-14-3)9(12)13/h7-8H,4,6H2,1-3H3,(H,12,13). The molecular formula is C9H16N2O3. The number of methoxy groups -OCH3 is 1. The highest BCUT2D eigenvalue weighted by atomic mass is 16.5. The quantitative estimate of drug-likeness (QED) is 0.668. The van der Waals surface area contributed by atoms with E-state index in [-0.39, 0.29) is 12.6 Å². The van der Waals surface area contributed by atoms with Crippen LogP contribution in [-0.2, 0) is 9.53 Å². The molecule has 0 fully saturated rings. The zero-order valence-corrected chi connectivity index (χ0v) is 8.73. The van der Waals surface area contributed by atoms with Gasteiger partial charge in [0.2, 0.25) is 0 Å². The van der Waals surface area contributed by atoms with E-state index in [2.05, 4.69) is 0 Å². The second-order valence-corrected chi connectivity index (χ2v) is 3.19. The molecule has 80 valence electrons. The molecule has 2 unspecified atom stereocenters. The number of carboxylic acids is 1. The smallest absolute Gasteiger partial charge is 0.323 e. The van der Waals surface area contributed by atoms with Crippen LogP contribution < -0.4 is 0 Å². The van der Waals surface area contributed by atoms with Crippen molar-refractivity contribution in [2.75, 3.05) is 20.8 Å². The highest BCUT2D eigenvalue weighted by Crippen LogP contribution is 2.06. The third kappa shape index (κ3) is 3.73. The van der Waals surface area contributed by atoms with Crippen molar-refractivity contribution in [2.24, 2.45) is 0 Å². The van der Waals surface area contributed by atoms with Gasteiger partial charge in [0.15, 0.2) is 0 Å². The van der Waals surface area contributed by atoms with Gasteiger partial charge in [0.05, 0.1) is 19.1 Å². The molecule has 0 rings (SSSR count). The summed E-state index contributed by atoms with van der Waals surface area (Å²) in [6.07, 6.45) is 0.310. The highest BCUT2D eigenvalue weighted by Gasteiger charge is 2.25. The minimum atomic E-state index is -0.931. The Morgan fingerprint density at radius 1 is 1.71 bits per heavy atom. The molecule has 0 spiro atoms. The summed E-state index contributed by atoms with van der Waals surface area (Å²) in [7, 11) is 3.14. The van der Waals surface area contributed by atoms with E-state index in [9.17, 15) is 4.79 Å². The maximum absolute atomic E-state index is 10.8. The number of ether oxygens (including phenoxy) is 1. The third-order valence-electron chi connectivity index (χ3n) is 2.18. The van der Waals surface area contributed by atoms with Gasteiger partial charge in [-0.15, -0.1) is 0 Å². The molecule has 0 aromatic rings. The maximum atomic E-state index is 10.8. The van der Waals surface area contributed by atoms with Gasteiger partial charge in [0, 0.05) is 13.2 Å². The van der Waals surface area contributed by atoms with Gasteiger partial charge in [-0.1, -0.05) is 0 Å². The van der Waals surface area contributed by atoms with E-state index >= 15 is 0 Å². The van der Waals surface area contributed by atoms with E-state index < -0.39 is 12.0 Å². The summed E-state index contributed by atoms with van der Waals surface area (Å²) in [6, 6.07) is 1.23. The van der Waals surface area contributed by atoms with Crippen LogP contribution in [0.25, 0.3) is 0 Å². The van der Waals surface area contributed by atoms with Gasteiger partial charge >= 0.3 is 5.97 Å². The number of aliphatic carboxylic acids is 1. The third-order valence-corrected chi connectivity index (χ3v) is 2.18. The predicted molar refractivity (Wildman–Crippen MR) is 50.8 cm³/mol. The van der Waals surface area contributed by atoms with Crippen LogP contribution in [0, 0.1) is 11.3 Å². The number of rotatable bonds is 6. The van der Waals surface area contributed by atoms with Crippen LogP contribution in [0.4, 0.5) is 0 Å². The van der Waals surface area contributed by atoms with Crippen LogP contribution in [-0.4, -0.2) is 48.8 Å². The van der Waals surface area contributed by atoms with E-state index in [4.69, 9.17) is 15.1 Å². The average Bonchev–Trinajstić information content (AvgIpc) is 2.13. The van der Waals surface area contributed by atoms with Crippen LogP contribution in [0.2, 0.25) is 0 Å². The zero-order chi connectivity index (χ0) is 11.1. The van der Waals surface area contributed by atoms with E-state index in [0.717, 1.165) is 0 Å². The van der Waals surface area contributed by atoms with Gasteiger partial charge in [-0.2, -0.15) is 5.26 Å². The van der Waals surface area contributed by atoms with Gasteiger partial charge < -0.3 is 9.84 Å². The van der Waals surface area contributed by atoms with Gasteiger partial charge in [-0.25, -0.2) is 0 Å². The van der Waals surface area contributed by atoms with Gasteiger partial charge in [0.1, 0.15) is 6.04 Å². The monoisotopic (exact) mass is 200 g/mol. The van der Waals surface area contributed by atoms with Gasteiger partial charge in [-0.3, -0.25) is 9.69 Å². The zero-order valence-electron chi connectivity index (χ0n) is 8.73. The summed E-state index contributed by atoms with van der Waals surface area (Å²) in [5, 5.41) is 17.4. The molecule has 0 radical (unpaired) electrons. The molecule has 0 aromatic carbocycles. The Hall–Kier alpha value is -1.12. The topological polar surface area (TPSA) is 73.6 Å². The number of carbonyl (C=O) groups is 1. The van der Waals surface area contributed by atoms with Crippen molar-refractivity contribution in [1.29, 1.82) is 5.26 Å². The molecule has 0 amide bonds. The molecule has 0 saturated heterocycles. The summed E-state index contributed by atoms with van der Waals surface area (Å²) in [5.74, 6) is -0.931. The van der Waals surface area contributed by atoms with Gasteiger partial charge in [-0.05, 0) is 14.0 Å². The molecule has 0 saturated carbocycles. The Bertz CT molecular complexity index is 225. The van der Waals surface area contributed by atoms with E-state index in [1.807, 2.05) is 13.0 Å². The number of nitriles is 1. The second-order valence-electron chi connectivity index (χ2n) is 3.19. The van der Waals surface area contributed by atoms with Gasteiger partial charge in [0.25, 0.3) is 0 Å². The minimum Gasteiger partial charge on any atom is -0.480 e. The summed E-state index contributed by atoms with van der Waals surface area (Å²) >= 11 is 0. The first-order valence-electron chi connectivity index (χ1n) is 4.35. The summed E-state index contributed by atoms with van der Waals surface area (Å²) in [4.78, 5) is 12.5. The van der Waals surface area contributed by atoms with Crippen molar-refractivity contribution in [3.05, 3.63) is 0 Å². The van der Waals surface area contributed by atoms with Crippen LogP contribution in [0.5, 0.6) is 0 Å². The molecule has 0 bridgehead atoms. The van der Waals surface area contributed by atoms with E-state index in [0.29, 0.717) is 6.42 Å². The number of hydrogen-bond donors (Lipinski definition) is 1. The van der Waals surface area contributed by atoms with E-state index in [1.165, 1.54) is 7.11 Å². The number of likely N-dealkylation sites (N-methyl/N-ethyl adjacent to an activating group) is 1. The molecular weight excluding hydrogens is 184 g/mol. The molecule has 14 heavy (non-hydrogen) atoms. The molecule has 0 aromatic heterocycles. The lowest BCUT2D eigenvalue weighted by atomic mass is 10.1. The highest BCUT2D eigenvalue weighted by molar-refractivity contribution is 5.73. The fourth-order valence-electron chi connectivity index (χ4n) is 1.10. The van der Waals surface area contributed by atoms with Crippen LogP contribution in [0.1, 0.15) is 13.3 Å². The molecule has 1 N–H and O–H groups in total. The van der Waals surface area contributed by atoms with Crippen LogP contribution in [0.15, 0.2) is 0 Å². The van der Waals surface area contributed by atoms with Crippen molar-refractivity contribution in [1.82, 2.24) is 4.90 Å². The van der Waals surface area contributed by atoms with Crippen molar-refractivity contribution in [3.8, 4) is 6.07 Å². The number of carboxylic acid groups (broad SMARTS) is 1. The average molecular weight is 200 g/mol. The predicted octanol–water partition coefficient (Wildman–Crippen LogP) is 0.320. The van der Waals surface area contributed by atoms with Crippen LogP contribution in [0.3, 0.4) is 0 Å². The molecule has 0 aliphatic heterocycles. The number of nitrogens with zero attached hydrogens (tertiary/aromatic N) is 2. The minimum absolute atomic E-state index is 0.0868. The lowest BCUT2D eigenvalue weighted by molar-refractivity contribution is -0.145. The molecule has 0 aliphatic carbocycles. The van der Waals surface area contributed by atoms with Crippen molar-refractivity contribution < 1.29 is 14.6 Å². The lowest BCUT2D eigenvalue weighted by Gasteiger charge is -2.28. The molecule has 0 heterocycles. The Kier molecular flexibility index (Phi) is 5.84. The molecule has 5 heteroatoms. The fourth-order valence-corrected chi connectivity index (χ4v) is 1.10.